The Morgan fingerprint density at radius 2 is 1.79 bits per heavy atom. The van der Waals surface area contributed by atoms with Gasteiger partial charge in [0.05, 0.1) is 5.69 Å². The molecule has 0 radical (unpaired) electrons. The fourth-order valence-corrected chi connectivity index (χ4v) is 2.70. The summed E-state index contributed by atoms with van der Waals surface area (Å²) in [5.41, 5.74) is 1.68. The van der Waals surface area contributed by atoms with E-state index in [9.17, 15) is 9.59 Å². The summed E-state index contributed by atoms with van der Waals surface area (Å²) in [6, 6.07) is 16.5. The largest absolute Gasteiger partial charge is 0.438 e. The summed E-state index contributed by atoms with van der Waals surface area (Å²) in [6.07, 6.45) is 0. The molecule has 2 aromatic carbocycles. The SMILES string of the molecule is CC(=O)NC(=O)c1cc2ccccc2oc1=Nc1ccccc1I. The number of fused-ring (bicyclic) bond motifs is 1. The van der Waals surface area contributed by atoms with E-state index in [0.717, 1.165) is 8.96 Å². The van der Waals surface area contributed by atoms with Gasteiger partial charge in [0.1, 0.15) is 11.1 Å². The average Bonchev–Trinajstić information content (AvgIpc) is 2.55. The number of amides is 2. The average molecular weight is 432 g/mol. The van der Waals surface area contributed by atoms with Gasteiger partial charge in [-0.25, -0.2) is 4.99 Å². The summed E-state index contributed by atoms with van der Waals surface area (Å²) < 4.78 is 6.74. The van der Waals surface area contributed by atoms with Crippen LogP contribution < -0.4 is 10.9 Å². The van der Waals surface area contributed by atoms with Gasteiger partial charge in [-0.1, -0.05) is 30.3 Å². The minimum absolute atomic E-state index is 0.163. The standard InChI is InChI=1S/C18H13IN2O3/c1-11(22)20-17(23)13-10-12-6-2-5-9-16(12)24-18(13)21-15-8-4-3-7-14(15)19/h2-10H,1H3,(H,20,22,23). The maximum absolute atomic E-state index is 12.3. The van der Waals surface area contributed by atoms with E-state index in [1.165, 1.54) is 6.92 Å². The number of rotatable bonds is 2. The Morgan fingerprint density at radius 1 is 1.08 bits per heavy atom. The van der Waals surface area contributed by atoms with Crippen LogP contribution in [-0.4, -0.2) is 11.8 Å². The highest BCUT2D eigenvalue weighted by Crippen LogP contribution is 2.20. The maximum atomic E-state index is 12.3. The first kappa shape index (κ1) is 16.4. The second-order valence-electron chi connectivity index (χ2n) is 5.08. The van der Waals surface area contributed by atoms with Crippen molar-refractivity contribution in [1.82, 2.24) is 5.32 Å². The highest BCUT2D eigenvalue weighted by atomic mass is 127. The van der Waals surface area contributed by atoms with Crippen molar-refractivity contribution in [2.75, 3.05) is 0 Å². The van der Waals surface area contributed by atoms with Gasteiger partial charge >= 0.3 is 0 Å². The Labute approximate surface area is 151 Å². The Morgan fingerprint density at radius 3 is 2.54 bits per heavy atom. The first-order valence-corrected chi connectivity index (χ1v) is 8.26. The van der Waals surface area contributed by atoms with Gasteiger partial charge in [-0.15, -0.1) is 0 Å². The zero-order chi connectivity index (χ0) is 17.1. The number of nitrogens with zero attached hydrogens (tertiary/aromatic N) is 1. The highest BCUT2D eigenvalue weighted by molar-refractivity contribution is 14.1. The molecule has 1 heterocycles. The Hall–Kier alpha value is -2.48. The lowest BCUT2D eigenvalue weighted by Gasteiger charge is -2.05. The molecule has 2 amide bonds. The Kier molecular flexibility index (Phi) is 4.75. The molecule has 0 saturated heterocycles. The van der Waals surface area contributed by atoms with E-state index < -0.39 is 11.8 Å². The summed E-state index contributed by atoms with van der Waals surface area (Å²) in [7, 11) is 0. The molecule has 6 heteroatoms. The quantitative estimate of drug-likeness (QED) is 0.630. The molecule has 1 aromatic heterocycles. The number of carbonyl (C=O) groups excluding carboxylic acids is 2. The van der Waals surface area contributed by atoms with Crippen molar-refractivity contribution < 1.29 is 14.0 Å². The van der Waals surface area contributed by atoms with Crippen LogP contribution in [0.1, 0.15) is 17.3 Å². The van der Waals surface area contributed by atoms with Crippen molar-refractivity contribution in [3.8, 4) is 0 Å². The molecule has 5 nitrogen and oxygen atoms in total. The minimum atomic E-state index is -0.540. The molecule has 0 aliphatic carbocycles. The summed E-state index contributed by atoms with van der Waals surface area (Å²) in [6.45, 7) is 1.28. The third-order valence-electron chi connectivity index (χ3n) is 3.26. The van der Waals surface area contributed by atoms with Gasteiger partial charge in [0.2, 0.25) is 11.5 Å². The first-order valence-electron chi connectivity index (χ1n) is 7.18. The lowest BCUT2D eigenvalue weighted by Crippen LogP contribution is -2.32. The third-order valence-corrected chi connectivity index (χ3v) is 4.18. The van der Waals surface area contributed by atoms with Crippen molar-refractivity contribution in [3.63, 3.8) is 0 Å². The van der Waals surface area contributed by atoms with Gasteiger partial charge in [-0.05, 0) is 46.9 Å². The normalized spacial score (nSPS) is 11.5. The molecule has 0 fully saturated rings. The zero-order valence-corrected chi connectivity index (χ0v) is 14.9. The molecule has 0 aliphatic rings. The van der Waals surface area contributed by atoms with Crippen LogP contribution in [0.4, 0.5) is 5.69 Å². The molecule has 0 bridgehead atoms. The molecule has 3 rings (SSSR count). The van der Waals surface area contributed by atoms with E-state index in [2.05, 4.69) is 32.9 Å². The predicted octanol–water partition coefficient (Wildman–Crippen LogP) is 3.55. The first-order chi connectivity index (χ1) is 11.5. The number of hydrogen-bond acceptors (Lipinski definition) is 4. The van der Waals surface area contributed by atoms with Crippen molar-refractivity contribution >= 4 is 51.1 Å². The Bertz CT molecular complexity index is 1010. The molecule has 1 N–H and O–H groups in total. The van der Waals surface area contributed by atoms with E-state index >= 15 is 0 Å². The fraction of sp³-hybridized carbons (Fsp3) is 0.0556. The second-order valence-corrected chi connectivity index (χ2v) is 6.24. The fourth-order valence-electron chi connectivity index (χ4n) is 2.19. The van der Waals surface area contributed by atoms with Gasteiger partial charge in [0.15, 0.2) is 0 Å². The maximum Gasteiger partial charge on any atom is 0.263 e. The molecular formula is C18H13IN2O3. The highest BCUT2D eigenvalue weighted by Gasteiger charge is 2.14. The van der Waals surface area contributed by atoms with Crippen molar-refractivity contribution in [3.05, 3.63) is 69.3 Å². The molecule has 0 unspecified atom stereocenters. The number of benzene rings is 2. The van der Waals surface area contributed by atoms with E-state index in [4.69, 9.17) is 4.42 Å². The van der Waals surface area contributed by atoms with Crippen molar-refractivity contribution in [2.45, 2.75) is 6.92 Å². The smallest absolute Gasteiger partial charge is 0.263 e. The van der Waals surface area contributed by atoms with Gasteiger partial charge in [0, 0.05) is 15.9 Å². The van der Waals surface area contributed by atoms with E-state index in [1.807, 2.05) is 42.5 Å². The van der Waals surface area contributed by atoms with E-state index in [-0.39, 0.29) is 11.1 Å². The molecule has 0 saturated carbocycles. The Balaban J connectivity index is 2.26. The molecule has 0 spiro atoms. The van der Waals surface area contributed by atoms with E-state index in [1.54, 1.807) is 12.1 Å². The molecule has 0 aliphatic heterocycles. The lowest BCUT2D eigenvalue weighted by atomic mass is 10.1. The number of para-hydroxylation sites is 2. The molecular weight excluding hydrogens is 419 g/mol. The summed E-state index contributed by atoms with van der Waals surface area (Å²) >= 11 is 2.16. The van der Waals surface area contributed by atoms with Crippen LogP contribution in [0.15, 0.2) is 64.0 Å². The number of halogens is 1. The van der Waals surface area contributed by atoms with Crippen LogP contribution in [0.5, 0.6) is 0 Å². The third kappa shape index (κ3) is 3.53. The van der Waals surface area contributed by atoms with E-state index in [0.29, 0.717) is 11.3 Å². The van der Waals surface area contributed by atoms with Crippen LogP contribution in [0.3, 0.4) is 0 Å². The van der Waals surface area contributed by atoms with Gasteiger partial charge < -0.3 is 4.42 Å². The van der Waals surface area contributed by atoms with Crippen LogP contribution in [0.2, 0.25) is 0 Å². The molecule has 24 heavy (non-hydrogen) atoms. The summed E-state index contributed by atoms with van der Waals surface area (Å²) in [5.74, 6) is -0.977. The van der Waals surface area contributed by atoms with Crippen LogP contribution in [0.25, 0.3) is 11.0 Å². The van der Waals surface area contributed by atoms with Crippen LogP contribution >= 0.6 is 22.6 Å². The molecule has 3 aromatic rings. The number of nitrogens with one attached hydrogen (secondary N) is 1. The zero-order valence-electron chi connectivity index (χ0n) is 12.7. The van der Waals surface area contributed by atoms with Crippen molar-refractivity contribution in [1.29, 1.82) is 0 Å². The summed E-state index contributed by atoms with van der Waals surface area (Å²) in [4.78, 5) is 28.0. The number of carbonyl (C=O) groups is 2. The predicted molar refractivity (Wildman–Crippen MR) is 98.7 cm³/mol. The second kappa shape index (κ2) is 6.96. The minimum Gasteiger partial charge on any atom is -0.438 e. The van der Waals surface area contributed by atoms with Gasteiger partial charge in [0.25, 0.3) is 5.91 Å². The molecule has 0 atom stereocenters. The molecule has 120 valence electrons. The monoisotopic (exact) mass is 432 g/mol. The van der Waals surface area contributed by atoms with Crippen LogP contribution in [-0.2, 0) is 4.79 Å². The summed E-state index contributed by atoms with van der Waals surface area (Å²) in [5, 5.41) is 3.02. The lowest BCUT2D eigenvalue weighted by molar-refractivity contribution is -0.118. The number of hydrogen-bond donors (Lipinski definition) is 1. The van der Waals surface area contributed by atoms with Gasteiger partial charge in [-0.2, -0.15) is 0 Å². The van der Waals surface area contributed by atoms with Crippen molar-refractivity contribution in [2.24, 2.45) is 4.99 Å². The van der Waals surface area contributed by atoms with Gasteiger partial charge in [-0.3, -0.25) is 14.9 Å². The van der Waals surface area contributed by atoms with Crippen LogP contribution in [0, 0.1) is 3.57 Å². The number of imide groups is 1. The topological polar surface area (TPSA) is 71.7 Å².